The van der Waals surface area contributed by atoms with E-state index < -0.39 is 5.97 Å². The molecule has 0 unspecified atom stereocenters. The number of aromatic nitrogens is 3. The van der Waals surface area contributed by atoms with Crippen molar-refractivity contribution in [2.45, 2.75) is 10.8 Å². The molecule has 0 amide bonds. The number of carbonyl (C=O) groups is 1. The number of nitrogens with one attached hydrogen (secondary N) is 1. The first-order valence-electron chi connectivity index (χ1n) is 6.09. The molecule has 0 radical (unpaired) electrons. The Bertz CT molecular complexity index is 819. The van der Waals surface area contributed by atoms with Crippen LogP contribution in [0.5, 0.6) is 0 Å². The van der Waals surface area contributed by atoms with Gasteiger partial charge < -0.3 is 5.11 Å². The molecule has 0 bridgehead atoms. The van der Waals surface area contributed by atoms with Crippen molar-refractivity contribution in [3.8, 4) is 0 Å². The van der Waals surface area contributed by atoms with E-state index in [1.165, 1.54) is 11.8 Å². The number of fused-ring (bicyclic) bond motifs is 1. The maximum atomic E-state index is 11.0. The number of thioether (sulfide) groups is 1. The van der Waals surface area contributed by atoms with Crippen LogP contribution < -0.4 is 0 Å². The Labute approximate surface area is 129 Å². The summed E-state index contributed by atoms with van der Waals surface area (Å²) >= 11 is 7.29. The molecule has 0 saturated heterocycles. The minimum Gasteiger partial charge on any atom is -0.476 e. The van der Waals surface area contributed by atoms with Crippen molar-refractivity contribution in [1.29, 1.82) is 0 Å². The van der Waals surface area contributed by atoms with Crippen LogP contribution in [-0.2, 0) is 5.75 Å². The fraction of sp³-hybridized carbons (Fsp3) is 0.0714. The van der Waals surface area contributed by atoms with Gasteiger partial charge in [0.2, 0.25) is 0 Å². The molecule has 2 N–H and O–H groups in total. The van der Waals surface area contributed by atoms with Crippen LogP contribution in [0.15, 0.2) is 41.4 Å². The Hall–Kier alpha value is -2.05. The molecule has 3 rings (SSSR count). The van der Waals surface area contributed by atoms with Gasteiger partial charge in [0.25, 0.3) is 0 Å². The number of aromatic carboxylic acids is 1. The van der Waals surface area contributed by atoms with Crippen LogP contribution in [0.4, 0.5) is 0 Å². The Morgan fingerprint density at radius 1 is 1.24 bits per heavy atom. The van der Waals surface area contributed by atoms with Gasteiger partial charge >= 0.3 is 5.97 Å². The van der Waals surface area contributed by atoms with E-state index in [1.54, 1.807) is 0 Å². The first kappa shape index (κ1) is 13.9. The zero-order chi connectivity index (χ0) is 14.8. The Morgan fingerprint density at radius 3 is 2.81 bits per heavy atom. The maximum absolute atomic E-state index is 11.0. The zero-order valence-corrected chi connectivity index (χ0v) is 12.3. The second kappa shape index (κ2) is 5.75. The molecule has 1 aromatic heterocycles. The van der Waals surface area contributed by atoms with Crippen molar-refractivity contribution < 1.29 is 9.90 Å². The largest absolute Gasteiger partial charge is 0.476 e. The van der Waals surface area contributed by atoms with Crippen molar-refractivity contribution >= 4 is 40.1 Å². The molecule has 1 heterocycles. The average molecular weight is 320 g/mol. The third kappa shape index (κ3) is 3.01. The molecular weight excluding hydrogens is 310 g/mol. The van der Waals surface area contributed by atoms with Gasteiger partial charge in [-0.25, -0.2) is 4.79 Å². The van der Waals surface area contributed by atoms with Crippen LogP contribution in [-0.4, -0.2) is 26.5 Å². The third-order valence-corrected chi connectivity index (χ3v) is 4.24. The highest BCUT2D eigenvalue weighted by Gasteiger charge is 2.14. The number of rotatable bonds is 4. The van der Waals surface area contributed by atoms with Gasteiger partial charge in [-0.15, -0.1) is 5.10 Å². The maximum Gasteiger partial charge on any atom is 0.356 e. The van der Waals surface area contributed by atoms with Crippen LogP contribution in [0.1, 0.15) is 16.1 Å². The highest BCUT2D eigenvalue weighted by atomic mass is 35.5. The molecule has 0 aliphatic carbocycles. The topological polar surface area (TPSA) is 78.9 Å². The minimum absolute atomic E-state index is 0.0209. The van der Waals surface area contributed by atoms with Gasteiger partial charge in [-0.3, -0.25) is 5.10 Å². The number of benzene rings is 2. The summed E-state index contributed by atoms with van der Waals surface area (Å²) in [6.07, 6.45) is 0. The molecule has 7 heteroatoms. The molecule has 0 fully saturated rings. The summed E-state index contributed by atoms with van der Waals surface area (Å²) in [5.74, 6) is -0.443. The van der Waals surface area contributed by atoms with E-state index in [-0.39, 0.29) is 5.69 Å². The molecule has 0 spiro atoms. The first-order chi connectivity index (χ1) is 10.1. The molecular formula is C14H10ClN3O2S. The lowest BCUT2D eigenvalue weighted by molar-refractivity contribution is 0.0686. The van der Waals surface area contributed by atoms with Gasteiger partial charge in [0.05, 0.1) is 0 Å². The molecule has 0 atom stereocenters. The standard InChI is InChI=1S/C14H10ClN3O2S/c15-11-4-3-9-5-8(1-2-10(9)6-11)7-21-13-12(14(19)20)16-18-17-13/h1-6H,7H2,(H,19,20)(H,16,17,18). The summed E-state index contributed by atoms with van der Waals surface area (Å²) < 4.78 is 0. The lowest BCUT2D eigenvalue weighted by Gasteiger charge is -2.03. The van der Waals surface area contributed by atoms with E-state index in [2.05, 4.69) is 21.5 Å². The number of aromatic amines is 1. The number of halogens is 1. The molecule has 3 aromatic rings. The molecule has 5 nitrogen and oxygen atoms in total. The smallest absolute Gasteiger partial charge is 0.356 e. The lowest BCUT2D eigenvalue weighted by atomic mass is 10.1. The predicted molar refractivity (Wildman–Crippen MR) is 81.9 cm³/mol. The zero-order valence-electron chi connectivity index (χ0n) is 10.7. The van der Waals surface area contributed by atoms with Crippen molar-refractivity contribution in [3.63, 3.8) is 0 Å². The van der Waals surface area contributed by atoms with Gasteiger partial charge in [0, 0.05) is 10.8 Å². The number of hydrogen-bond donors (Lipinski definition) is 2. The summed E-state index contributed by atoms with van der Waals surface area (Å²) in [5.41, 5.74) is 1.10. The van der Waals surface area contributed by atoms with Crippen LogP contribution in [0.25, 0.3) is 10.8 Å². The third-order valence-electron chi connectivity index (χ3n) is 2.97. The summed E-state index contributed by atoms with van der Waals surface area (Å²) in [6.45, 7) is 0. The first-order valence-corrected chi connectivity index (χ1v) is 7.45. The number of H-pyrrole nitrogens is 1. The highest BCUT2D eigenvalue weighted by molar-refractivity contribution is 7.98. The van der Waals surface area contributed by atoms with E-state index in [9.17, 15) is 4.79 Å². The van der Waals surface area contributed by atoms with Crippen LogP contribution in [0.3, 0.4) is 0 Å². The van der Waals surface area contributed by atoms with Crippen molar-refractivity contribution in [1.82, 2.24) is 15.4 Å². The van der Waals surface area contributed by atoms with E-state index in [0.717, 1.165) is 16.3 Å². The monoisotopic (exact) mass is 319 g/mol. The SMILES string of the molecule is O=C(O)c1[nH]nnc1SCc1ccc2cc(Cl)ccc2c1. The number of hydrogen-bond acceptors (Lipinski definition) is 4. The Morgan fingerprint density at radius 2 is 2.00 bits per heavy atom. The number of carboxylic acids is 1. The summed E-state index contributed by atoms with van der Waals surface area (Å²) in [6, 6.07) is 11.8. The Kier molecular flexibility index (Phi) is 3.81. The quantitative estimate of drug-likeness (QED) is 0.718. The molecule has 0 aliphatic rings. The van der Waals surface area contributed by atoms with Gasteiger partial charge in [0.1, 0.15) is 0 Å². The molecule has 2 aromatic carbocycles. The van der Waals surface area contributed by atoms with Crippen LogP contribution >= 0.6 is 23.4 Å². The fourth-order valence-electron chi connectivity index (χ4n) is 1.97. The summed E-state index contributed by atoms with van der Waals surface area (Å²) in [5, 5.41) is 21.9. The van der Waals surface area contributed by atoms with Crippen molar-refractivity contribution in [3.05, 3.63) is 52.7 Å². The summed E-state index contributed by atoms with van der Waals surface area (Å²) in [4.78, 5) is 11.0. The highest BCUT2D eigenvalue weighted by Crippen LogP contribution is 2.26. The lowest BCUT2D eigenvalue weighted by Crippen LogP contribution is -1.98. The Balaban J connectivity index is 1.80. The fourth-order valence-corrected chi connectivity index (χ4v) is 3.01. The van der Waals surface area contributed by atoms with Gasteiger partial charge in [-0.1, -0.05) is 52.8 Å². The van der Waals surface area contributed by atoms with Gasteiger partial charge in [-0.05, 0) is 28.5 Å². The number of nitrogens with zero attached hydrogens (tertiary/aromatic N) is 2. The van der Waals surface area contributed by atoms with E-state index >= 15 is 0 Å². The van der Waals surface area contributed by atoms with Gasteiger partial charge in [0.15, 0.2) is 10.7 Å². The van der Waals surface area contributed by atoms with Crippen LogP contribution in [0, 0.1) is 0 Å². The number of carboxylic acid groups (broad SMARTS) is 1. The van der Waals surface area contributed by atoms with Crippen molar-refractivity contribution in [2.75, 3.05) is 0 Å². The van der Waals surface area contributed by atoms with E-state index in [4.69, 9.17) is 16.7 Å². The van der Waals surface area contributed by atoms with Crippen molar-refractivity contribution in [2.24, 2.45) is 0 Å². The molecule has 0 saturated carbocycles. The average Bonchev–Trinajstić information content (AvgIpc) is 2.93. The predicted octanol–water partition coefficient (Wildman–Crippen LogP) is 3.60. The normalized spacial score (nSPS) is 10.9. The van der Waals surface area contributed by atoms with E-state index in [0.29, 0.717) is 15.8 Å². The second-order valence-electron chi connectivity index (χ2n) is 4.41. The van der Waals surface area contributed by atoms with E-state index in [1.807, 2.05) is 30.3 Å². The molecule has 106 valence electrons. The summed E-state index contributed by atoms with van der Waals surface area (Å²) in [7, 11) is 0. The second-order valence-corrected chi connectivity index (χ2v) is 5.81. The van der Waals surface area contributed by atoms with Crippen LogP contribution in [0.2, 0.25) is 5.02 Å². The van der Waals surface area contributed by atoms with Gasteiger partial charge in [-0.2, -0.15) is 0 Å². The minimum atomic E-state index is -1.06. The molecule has 21 heavy (non-hydrogen) atoms. The molecule has 0 aliphatic heterocycles.